The van der Waals surface area contributed by atoms with Gasteiger partial charge in [-0.05, 0) is 44.5 Å². The molecular formula is C15H22N4O. The molecule has 0 atom stereocenters. The summed E-state index contributed by atoms with van der Waals surface area (Å²) < 4.78 is 7.10. The molecule has 0 aromatic carbocycles. The Morgan fingerprint density at radius 1 is 1.30 bits per heavy atom. The maximum absolute atomic E-state index is 5.31. The van der Waals surface area contributed by atoms with Gasteiger partial charge in [-0.25, -0.2) is 4.98 Å². The van der Waals surface area contributed by atoms with E-state index in [1.54, 1.807) is 11.6 Å². The molecule has 2 aromatic rings. The number of rotatable bonds is 4. The van der Waals surface area contributed by atoms with Gasteiger partial charge in [0.25, 0.3) is 0 Å². The van der Waals surface area contributed by atoms with Crippen LogP contribution in [0.25, 0.3) is 5.65 Å². The number of ether oxygens (including phenoxy) is 1. The zero-order valence-corrected chi connectivity index (χ0v) is 12.2. The fourth-order valence-corrected chi connectivity index (χ4v) is 2.93. The molecule has 1 saturated heterocycles. The largest absolute Gasteiger partial charge is 0.481 e. The van der Waals surface area contributed by atoms with Gasteiger partial charge in [0.05, 0.1) is 7.11 Å². The molecule has 0 bridgehead atoms. The van der Waals surface area contributed by atoms with E-state index in [1.807, 2.05) is 18.2 Å². The van der Waals surface area contributed by atoms with Crippen LogP contribution in [-0.2, 0) is 6.42 Å². The number of fused-ring (bicyclic) bond motifs is 1. The second-order valence-electron chi connectivity index (χ2n) is 5.45. The highest BCUT2D eigenvalue weighted by atomic mass is 16.5. The second kappa shape index (κ2) is 5.79. The molecule has 1 aliphatic rings. The van der Waals surface area contributed by atoms with Crippen molar-refractivity contribution in [3.8, 4) is 5.88 Å². The van der Waals surface area contributed by atoms with Crippen LogP contribution in [0.2, 0.25) is 0 Å². The van der Waals surface area contributed by atoms with Gasteiger partial charge in [0.15, 0.2) is 11.5 Å². The standard InChI is InChI=1S/C15H22N4O/c1-3-18-9-7-12(8-10-18)11-13-16-14-5-4-6-15(20-2)19(14)17-13/h4-6,12H,3,7-11H2,1-2H3. The fourth-order valence-electron chi connectivity index (χ4n) is 2.93. The van der Waals surface area contributed by atoms with Crippen molar-refractivity contribution in [1.82, 2.24) is 19.5 Å². The molecule has 0 radical (unpaired) electrons. The Morgan fingerprint density at radius 2 is 2.10 bits per heavy atom. The number of likely N-dealkylation sites (tertiary alicyclic amines) is 1. The Hall–Kier alpha value is -1.62. The van der Waals surface area contributed by atoms with Gasteiger partial charge in [-0.3, -0.25) is 0 Å². The van der Waals surface area contributed by atoms with Gasteiger partial charge >= 0.3 is 0 Å². The summed E-state index contributed by atoms with van der Waals surface area (Å²) in [4.78, 5) is 7.12. The van der Waals surface area contributed by atoms with Crippen molar-refractivity contribution in [3.63, 3.8) is 0 Å². The normalized spacial score (nSPS) is 17.7. The molecule has 0 unspecified atom stereocenters. The Bertz CT molecular complexity index is 572. The van der Waals surface area contributed by atoms with Crippen molar-refractivity contribution in [1.29, 1.82) is 0 Å². The summed E-state index contributed by atoms with van der Waals surface area (Å²) in [6.45, 7) is 5.81. The van der Waals surface area contributed by atoms with Gasteiger partial charge in [0, 0.05) is 12.5 Å². The number of nitrogens with zero attached hydrogens (tertiary/aromatic N) is 4. The topological polar surface area (TPSA) is 42.7 Å². The number of hydrogen-bond donors (Lipinski definition) is 0. The van der Waals surface area contributed by atoms with E-state index in [9.17, 15) is 0 Å². The van der Waals surface area contributed by atoms with Gasteiger partial charge in [-0.1, -0.05) is 13.0 Å². The molecule has 108 valence electrons. The lowest BCUT2D eigenvalue weighted by atomic mass is 9.93. The summed E-state index contributed by atoms with van der Waals surface area (Å²) >= 11 is 0. The monoisotopic (exact) mass is 274 g/mol. The highest BCUT2D eigenvalue weighted by molar-refractivity contribution is 5.40. The summed E-state index contributed by atoms with van der Waals surface area (Å²) in [5.74, 6) is 2.38. The third-order valence-electron chi connectivity index (χ3n) is 4.20. The zero-order valence-electron chi connectivity index (χ0n) is 12.2. The molecule has 20 heavy (non-hydrogen) atoms. The molecule has 0 saturated carbocycles. The van der Waals surface area contributed by atoms with Crippen molar-refractivity contribution in [2.75, 3.05) is 26.7 Å². The van der Waals surface area contributed by atoms with Gasteiger partial charge in [-0.2, -0.15) is 4.52 Å². The number of methoxy groups -OCH3 is 1. The minimum atomic E-state index is 0.709. The maximum atomic E-state index is 5.31. The summed E-state index contributed by atoms with van der Waals surface area (Å²) in [7, 11) is 1.66. The predicted octanol–water partition coefficient (Wildman–Crippen LogP) is 2.01. The molecule has 3 heterocycles. The first kappa shape index (κ1) is 13.4. The Balaban J connectivity index is 1.72. The van der Waals surface area contributed by atoms with Gasteiger partial charge < -0.3 is 9.64 Å². The van der Waals surface area contributed by atoms with E-state index >= 15 is 0 Å². The van der Waals surface area contributed by atoms with Crippen molar-refractivity contribution in [2.45, 2.75) is 26.2 Å². The van der Waals surface area contributed by atoms with Crippen LogP contribution in [0.1, 0.15) is 25.6 Å². The first-order chi connectivity index (χ1) is 9.80. The van der Waals surface area contributed by atoms with Crippen molar-refractivity contribution >= 4 is 5.65 Å². The van der Waals surface area contributed by atoms with Crippen LogP contribution in [0.5, 0.6) is 5.88 Å². The third-order valence-corrected chi connectivity index (χ3v) is 4.20. The van der Waals surface area contributed by atoms with Crippen LogP contribution < -0.4 is 4.74 Å². The summed E-state index contributed by atoms with van der Waals surface area (Å²) in [6.07, 6.45) is 3.48. The van der Waals surface area contributed by atoms with Gasteiger partial charge in [-0.15, -0.1) is 5.10 Å². The van der Waals surface area contributed by atoms with E-state index in [1.165, 1.54) is 25.9 Å². The lowest BCUT2D eigenvalue weighted by molar-refractivity contribution is 0.191. The molecule has 5 heteroatoms. The lowest BCUT2D eigenvalue weighted by Crippen LogP contribution is -2.34. The first-order valence-electron chi connectivity index (χ1n) is 7.41. The number of aromatic nitrogens is 3. The van der Waals surface area contributed by atoms with E-state index in [0.29, 0.717) is 5.92 Å². The molecule has 3 rings (SSSR count). The second-order valence-corrected chi connectivity index (χ2v) is 5.45. The molecule has 0 aliphatic carbocycles. The molecule has 1 fully saturated rings. The predicted molar refractivity (Wildman–Crippen MR) is 78.1 cm³/mol. The average Bonchev–Trinajstić information content (AvgIpc) is 2.90. The highest BCUT2D eigenvalue weighted by Gasteiger charge is 2.20. The van der Waals surface area contributed by atoms with E-state index in [0.717, 1.165) is 30.3 Å². The van der Waals surface area contributed by atoms with Crippen LogP contribution in [0.15, 0.2) is 18.2 Å². The van der Waals surface area contributed by atoms with Crippen molar-refractivity contribution in [3.05, 3.63) is 24.0 Å². The summed E-state index contributed by atoms with van der Waals surface area (Å²) in [6, 6.07) is 5.83. The SMILES string of the molecule is CCN1CCC(Cc2nc3cccc(OC)n3n2)CC1. The zero-order chi connectivity index (χ0) is 13.9. The minimum Gasteiger partial charge on any atom is -0.481 e. The van der Waals surface area contributed by atoms with Crippen molar-refractivity contribution < 1.29 is 4.74 Å². The smallest absolute Gasteiger partial charge is 0.216 e. The van der Waals surface area contributed by atoms with E-state index in [2.05, 4.69) is 21.9 Å². The van der Waals surface area contributed by atoms with Gasteiger partial charge in [0.1, 0.15) is 0 Å². The quantitative estimate of drug-likeness (QED) is 0.855. The molecule has 0 amide bonds. The van der Waals surface area contributed by atoms with Crippen molar-refractivity contribution in [2.24, 2.45) is 5.92 Å². The Kier molecular flexibility index (Phi) is 3.87. The number of pyridine rings is 1. The lowest BCUT2D eigenvalue weighted by Gasteiger charge is -2.30. The number of piperidine rings is 1. The molecule has 0 spiro atoms. The summed E-state index contributed by atoms with van der Waals surface area (Å²) in [5, 5.41) is 4.58. The van der Waals surface area contributed by atoms with E-state index < -0.39 is 0 Å². The molecular weight excluding hydrogens is 252 g/mol. The third kappa shape index (κ3) is 2.63. The van der Waals surface area contributed by atoms with Crippen LogP contribution in [-0.4, -0.2) is 46.2 Å². The summed E-state index contributed by atoms with van der Waals surface area (Å²) in [5.41, 5.74) is 0.866. The Morgan fingerprint density at radius 3 is 2.80 bits per heavy atom. The maximum Gasteiger partial charge on any atom is 0.216 e. The minimum absolute atomic E-state index is 0.709. The van der Waals surface area contributed by atoms with E-state index in [-0.39, 0.29) is 0 Å². The molecule has 5 nitrogen and oxygen atoms in total. The number of hydrogen-bond acceptors (Lipinski definition) is 4. The Labute approximate surface area is 119 Å². The molecule has 0 N–H and O–H groups in total. The average molecular weight is 274 g/mol. The van der Waals surface area contributed by atoms with Gasteiger partial charge in [0.2, 0.25) is 5.88 Å². The highest BCUT2D eigenvalue weighted by Crippen LogP contribution is 2.21. The van der Waals surface area contributed by atoms with Crippen LogP contribution in [0, 0.1) is 5.92 Å². The first-order valence-corrected chi connectivity index (χ1v) is 7.41. The molecule has 2 aromatic heterocycles. The van der Waals surface area contributed by atoms with Crippen LogP contribution in [0.3, 0.4) is 0 Å². The fraction of sp³-hybridized carbons (Fsp3) is 0.600. The van der Waals surface area contributed by atoms with E-state index in [4.69, 9.17) is 4.74 Å². The molecule has 1 aliphatic heterocycles. The van der Waals surface area contributed by atoms with Crippen LogP contribution >= 0.6 is 0 Å². The van der Waals surface area contributed by atoms with Crippen LogP contribution in [0.4, 0.5) is 0 Å².